The van der Waals surface area contributed by atoms with E-state index in [1.165, 1.54) is 6.07 Å². The summed E-state index contributed by atoms with van der Waals surface area (Å²) in [4.78, 5) is 0. The standard InChI is InChI=1S/C20H21FO6/c21-17-11-15(3-6-18(17)27-13-20-24-9-10-25-20)14-1-4-16(5-2-14)26-12-19-22-7-8-23-19/h1-6,11,19-20H,7-10,12-13H2. The second-order valence-electron chi connectivity index (χ2n) is 6.13. The Morgan fingerprint density at radius 1 is 0.741 bits per heavy atom. The van der Waals surface area contributed by atoms with Crippen molar-refractivity contribution in [3.05, 3.63) is 48.3 Å². The molecule has 2 aliphatic rings. The third-order valence-electron chi connectivity index (χ3n) is 4.26. The first-order valence-corrected chi connectivity index (χ1v) is 8.90. The van der Waals surface area contributed by atoms with Gasteiger partial charge in [-0.05, 0) is 35.4 Å². The maximum absolute atomic E-state index is 14.3. The normalized spacial score (nSPS) is 18.1. The first kappa shape index (κ1) is 18.2. The maximum atomic E-state index is 14.3. The summed E-state index contributed by atoms with van der Waals surface area (Å²) in [5.41, 5.74) is 1.63. The lowest BCUT2D eigenvalue weighted by Crippen LogP contribution is -2.18. The minimum Gasteiger partial charge on any atom is -0.488 e. The van der Waals surface area contributed by atoms with Crippen LogP contribution in [0.4, 0.5) is 4.39 Å². The SMILES string of the molecule is Fc1cc(-c2ccc(OCC3OCCO3)cc2)ccc1OCC1OCCO1. The van der Waals surface area contributed by atoms with Gasteiger partial charge in [0.25, 0.3) is 0 Å². The first-order valence-electron chi connectivity index (χ1n) is 8.90. The summed E-state index contributed by atoms with van der Waals surface area (Å²) in [7, 11) is 0. The topological polar surface area (TPSA) is 55.4 Å². The van der Waals surface area contributed by atoms with E-state index >= 15 is 0 Å². The van der Waals surface area contributed by atoms with Gasteiger partial charge in [0, 0.05) is 0 Å². The molecule has 0 spiro atoms. The molecule has 2 aromatic rings. The lowest BCUT2D eigenvalue weighted by atomic mass is 10.1. The van der Waals surface area contributed by atoms with Crippen LogP contribution in [-0.4, -0.2) is 52.2 Å². The second kappa shape index (κ2) is 8.67. The molecule has 0 unspecified atom stereocenters. The molecule has 0 amide bonds. The molecule has 2 aromatic carbocycles. The Balaban J connectivity index is 1.35. The van der Waals surface area contributed by atoms with Crippen LogP contribution in [0, 0.1) is 5.82 Å². The average molecular weight is 376 g/mol. The third kappa shape index (κ3) is 4.75. The van der Waals surface area contributed by atoms with E-state index in [1.54, 1.807) is 6.07 Å². The lowest BCUT2D eigenvalue weighted by molar-refractivity contribution is -0.0689. The van der Waals surface area contributed by atoms with Crippen LogP contribution in [0.5, 0.6) is 11.5 Å². The molecule has 7 heteroatoms. The molecule has 0 N–H and O–H groups in total. The van der Waals surface area contributed by atoms with Crippen LogP contribution >= 0.6 is 0 Å². The highest BCUT2D eigenvalue weighted by molar-refractivity contribution is 5.65. The number of ether oxygens (including phenoxy) is 6. The highest BCUT2D eigenvalue weighted by Crippen LogP contribution is 2.27. The molecule has 0 saturated carbocycles. The Hall–Kier alpha value is -2.19. The number of hydrogen-bond donors (Lipinski definition) is 0. The monoisotopic (exact) mass is 376 g/mol. The molecule has 6 nitrogen and oxygen atoms in total. The van der Waals surface area contributed by atoms with Gasteiger partial charge in [-0.3, -0.25) is 0 Å². The van der Waals surface area contributed by atoms with Crippen LogP contribution in [0.1, 0.15) is 0 Å². The minimum absolute atomic E-state index is 0.163. The van der Waals surface area contributed by atoms with Crippen molar-refractivity contribution in [2.24, 2.45) is 0 Å². The van der Waals surface area contributed by atoms with Gasteiger partial charge in [0.1, 0.15) is 19.0 Å². The molecule has 0 radical (unpaired) electrons. The van der Waals surface area contributed by atoms with Crippen molar-refractivity contribution in [2.75, 3.05) is 39.6 Å². The Bertz CT molecular complexity index is 739. The van der Waals surface area contributed by atoms with Crippen molar-refractivity contribution in [2.45, 2.75) is 12.6 Å². The van der Waals surface area contributed by atoms with Crippen molar-refractivity contribution in [1.29, 1.82) is 0 Å². The predicted octanol–water partition coefficient (Wildman–Crippen LogP) is 3.00. The largest absolute Gasteiger partial charge is 0.488 e. The number of hydrogen-bond acceptors (Lipinski definition) is 6. The highest BCUT2D eigenvalue weighted by atomic mass is 19.1. The van der Waals surface area contributed by atoms with E-state index in [2.05, 4.69) is 0 Å². The Kier molecular flexibility index (Phi) is 5.84. The molecule has 0 aromatic heterocycles. The molecule has 2 heterocycles. The summed E-state index contributed by atoms with van der Waals surface area (Å²) in [5, 5.41) is 0. The van der Waals surface area contributed by atoms with E-state index in [1.807, 2.05) is 30.3 Å². The van der Waals surface area contributed by atoms with Crippen LogP contribution in [0.2, 0.25) is 0 Å². The molecule has 0 bridgehead atoms. The predicted molar refractivity (Wildman–Crippen MR) is 94.2 cm³/mol. The zero-order valence-electron chi connectivity index (χ0n) is 14.8. The van der Waals surface area contributed by atoms with Crippen LogP contribution in [0.25, 0.3) is 11.1 Å². The van der Waals surface area contributed by atoms with Crippen molar-refractivity contribution in [1.82, 2.24) is 0 Å². The molecule has 0 aliphatic carbocycles. The molecular formula is C20H21FO6. The minimum atomic E-state index is -0.434. The first-order chi connectivity index (χ1) is 13.3. The highest BCUT2D eigenvalue weighted by Gasteiger charge is 2.18. The summed E-state index contributed by atoms with van der Waals surface area (Å²) in [6.45, 7) is 2.77. The van der Waals surface area contributed by atoms with E-state index in [0.29, 0.717) is 38.8 Å². The van der Waals surface area contributed by atoms with Crippen LogP contribution in [0.3, 0.4) is 0 Å². The average Bonchev–Trinajstić information content (AvgIpc) is 3.40. The fourth-order valence-electron chi connectivity index (χ4n) is 2.87. The van der Waals surface area contributed by atoms with E-state index in [4.69, 9.17) is 28.4 Å². The molecular weight excluding hydrogens is 355 g/mol. The third-order valence-corrected chi connectivity index (χ3v) is 4.26. The molecule has 27 heavy (non-hydrogen) atoms. The maximum Gasteiger partial charge on any atom is 0.191 e. The van der Waals surface area contributed by atoms with Crippen LogP contribution < -0.4 is 9.47 Å². The molecule has 2 saturated heterocycles. The van der Waals surface area contributed by atoms with Crippen molar-refractivity contribution in [3.63, 3.8) is 0 Å². The van der Waals surface area contributed by atoms with Gasteiger partial charge in [0.15, 0.2) is 24.1 Å². The summed E-state index contributed by atoms with van der Waals surface area (Å²) in [5.74, 6) is 0.450. The van der Waals surface area contributed by atoms with Gasteiger partial charge in [-0.15, -0.1) is 0 Å². The fraction of sp³-hybridized carbons (Fsp3) is 0.400. The van der Waals surface area contributed by atoms with E-state index in [0.717, 1.165) is 11.1 Å². The van der Waals surface area contributed by atoms with Gasteiger partial charge in [-0.1, -0.05) is 18.2 Å². The van der Waals surface area contributed by atoms with Gasteiger partial charge >= 0.3 is 0 Å². The molecule has 2 aliphatic heterocycles. The zero-order chi connectivity index (χ0) is 18.5. The van der Waals surface area contributed by atoms with E-state index in [-0.39, 0.29) is 18.6 Å². The van der Waals surface area contributed by atoms with Crippen LogP contribution in [-0.2, 0) is 18.9 Å². The smallest absolute Gasteiger partial charge is 0.191 e. The Morgan fingerprint density at radius 3 is 1.89 bits per heavy atom. The van der Waals surface area contributed by atoms with E-state index < -0.39 is 12.1 Å². The van der Waals surface area contributed by atoms with Gasteiger partial charge < -0.3 is 28.4 Å². The summed E-state index contributed by atoms with van der Waals surface area (Å²) >= 11 is 0. The summed E-state index contributed by atoms with van der Waals surface area (Å²) < 4.78 is 46.6. The summed E-state index contributed by atoms with van der Waals surface area (Å²) in [6, 6.07) is 12.3. The van der Waals surface area contributed by atoms with Crippen molar-refractivity contribution >= 4 is 0 Å². The van der Waals surface area contributed by atoms with E-state index in [9.17, 15) is 4.39 Å². The van der Waals surface area contributed by atoms with Crippen LogP contribution in [0.15, 0.2) is 42.5 Å². The van der Waals surface area contributed by atoms with Gasteiger partial charge in [-0.25, -0.2) is 4.39 Å². The Morgan fingerprint density at radius 2 is 1.30 bits per heavy atom. The zero-order valence-corrected chi connectivity index (χ0v) is 14.8. The van der Waals surface area contributed by atoms with Crippen molar-refractivity contribution < 1.29 is 32.8 Å². The summed E-state index contributed by atoms with van der Waals surface area (Å²) in [6.07, 6.45) is -0.747. The number of benzene rings is 2. The van der Waals surface area contributed by atoms with Gasteiger partial charge in [0.2, 0.25) is 0 Å². The fourth-order valence-corrected chi connectivity index (χ4v) is 2.87. The molecule has 144 valence electrons. The molecule has 4 rings (SSSR count). The number of halogens is 1. The van der Waals surface area contributed by atoms with Crippen molar-refractivity contribution in [3.8, 4) is 22.6 Å². The lowest BCUT2D eigenvalue weighted by Gasteiger charge is -2.13. The number of rotatable bonds is 7. The Labute approximate surface area is 156 Å². The van der Waals surface area contributed by atoms with Gasteiger partial charge in [0.05, 0.1) is 26.4 Å². The second-order valence-corrected chi connectivity index (χ2v) is 6.13. The molecule has 0 atom stereocenters. The van der Waals surface area contributed by atoms with Gasteiger partial charge in [-0.2, -0.15) is 0 Å². The molecule has 2 fully saturated rings. The quantitative estimate of drug-likeness (QED) is 0.741.